The van der Waals surface area contributed by atoms with Crippen LogP contribution in [0.15, 0.2) is 16.6 Å². The number of benzene rings is 1. The van der Waals surface area contributed by atoms with E-state index in [4.69, 9.17) is 17.3 Å². The lowest BCUT2D eigenvalue weighted by atomic mass is 10.2. The van der Waals surface area contributed by atoms with Crippen molar-refractivity contribution in [2.45, 2.75) is 6.92 Å². The summed E-state index contributed by atoms with van der Waals surface area (Å²) in [4.78, 5) is 0. The predicted molar refractivity (Wildman–Crippen MR) is 48.3 cm³/mol. The van der Waals surface area contributed by atoms with Gasteiger partial charge in [0.2, 0.25) is 0 Å². The fraction of sp³-hybridized carbons (Fsp3) is 0.143. The van der Waals surface area contributed by atoms with Crippen LogP contribution in [-0.2, 0) is 0 Å². The van der Waals surface area contributed by atoms with E-state index in [0.717, 1.165) is 10.0 Å². The van der Waals surface area contributed by atoms with Crippen molar-refractivity contribution < 1.29 is 0 Å². The standard InChI is InChI=1S/C7H7BrClN/c1-4-6(8)2-5(10)3-7(4)9/h2-3H,10H2,1H3. The Bertz CT molecular complexity index is 237. The molecule has 3 heteroatoms. The zero-order valence-corrected chi connectivity index (χ0v) is 7.83. The van der Waals surface area contributed by atoms with Crippen LogP contribution >= 0.6 is 27.5 Å². The van der Waals surface area contributed by atoms with Gasteiger partial charge in [-0.15, -0.1) is 0 Å². The van der Waals surface area contributed by atoms with E-state index in [0.29, 0.717) is 10.7 Å². The third kappa shape index (κ3) is 1.44. The molecule has 0 atom stereocenters. The molecule has 0 aromatic heterocycles. The van der Waals surface area contributed by atoms with Crippen molar-refractivity contribution >= 4 is 33.2 Å². The van der Waals surface area contributed by atoms with Gasteiger partial charge in [0.25, 0.3) is 0 Å². The minimum atomic E-state index is 0.683. The highest BCUT2D eigenvalue weighted by Gasteiger charge is 1.99. The summed E-state index contributed by atoms with van der Waals surface area (Å²) >= 11 is 9.14. The van der Waals surface area contributed by atoms with Crippen LogP contribution < -0.4 is 5.73 Å². The monoisotopic (exact) mass is 219 g/mol. The zero-order valence-electron chi connectivity index (χ0n) is 5.49. The van der Waals surface area contributed by atoms with E-state index in [9.17, 15) is 0 Å². The van der Waals surface area contributed by atoms with Gasteiger partial charge in [0.1, 0.15) is 0 Å². The molecule has 0 radical (unpaired) electrons. The lowest BCUT2D eigenvalue weighted by Gasteiger charge is -2.01. The molecule has 0 aliphatic heterocycles. The first-order valence-corrected chi connectivity index (χ1v) is 3.99. The van der Waals surface area contributed by atoms with Crippen LogP contribution in [0.2, 0.25) is 5.02 Å². The summed E-state index contributed by atoms with van der Waals surface area (Å²) in [6.07, 6.45) is 0. The Kier molecular flexibility index (Phi) is 2.21. The first kappa shape index (κ1) is 7.89. The largest absolute Gasteiger partial charge is 0.399 e. The molecule has 0 bridgehead atoms. The third-order valence-electron chi connectivity index (χ3n) is 1.30. The van der Waals surface area contributed by atoms with Crippen molar-refractivity contribution in [2.75, 3.05) is 5.73 Å². The Labute approximate surface area is 73.3 Å². The summed E-state index contributed by atoms with van der Waals surface area (Å²) in [5.41, 5.74) is 7.22. The Balaban J connectivity index is 3.31. The van der Waals surface area contributed by atoms with Crippen LogP contribution in [0, 0.1) is 6.92 Å². The second-order valence-corrected chi connectivity index (χ2v) is 3.37. The Hall–Kier alpha value is -0.210. The fourth-order valence-corrected chi connectivity index (χ4v) is 1.48. The molecule has 0 fully saturated rings. The molecule has 54 valence electrons. The van der Waals surface area contributed by atoms with Gasteiger partial charge >= 0.3 is 0 Å². The van der Waals surface area contributed by atoms with Crippen molar-refractivity contribution in [3.8, 4) is 0 Å². The van der Waals surface area contributed by atoms with Gasteiger partial charge in [-0.1, -0.05) is 27.5 Å². The zero-order chi connectivity index (χ0) is 7.72. The number of nitrogen functional groups attached to an aromatic ring is 1. The van der Waals surface area contributed by atoms with Crippen LogP contribution in [0.5, 0.6) is 0 Å². The average Bonchev–Trinajstić information content (AvgIpc) is 1.82. The van der Waals surface area contributed by atoms with Gasteiger partial charge < -0.3 is 5.73 Å². The highest BCUT2D eigenvalue weighted by atomic mass is 79.9. The van der Waals surface area contributed by atoms with Gasteiger partial charge in [0, 0.05) is 15.2 Å². The van der Waals surface area contributed by atoms with E-state index >= 15 is 0 Å². The Morgan fingerprint density at radius 1 is 1.50 bits per heavy atom. The third-order valence-corrected chi connectivity index (χ3v) is 2.52. The van der Waals surface area contributed by atoms with Crippen LogP contribution in [-0.4, -0.2) is 0 Å². The van der Waals surface area contributed by atoms with Crippen molar-refractivity contribution in [3.05, 3.63) is 27.2 Å². The van der Waals surface area contributed by atoms with Crippen molar-refractivity contribution in [3.63, 3.8) is 0 Å². The number of hydrogen-bond acceptors (Lipinski definition) is 1. The summed E-state index contributed by atoms with van der Waals surface area (Å²) in [6, 6.07) is 3.57. The second-order valence-electron chi connectivity index (χ2n) is 2.11. The minimum Gasteiger partial charge on any atom is -0.399 e. The lowest BCUT2D eigenvalue weighted by Crippen LogP contribution is -1.86. The summed E-state index contributed by atoms with van der Waals surface area (Å²) in [5, 5.41) is 0.701. The number of rotatable bonds is 0. The minimum absolute atomic E-state index is 0.683. The average molecular weight is 220 g/mol. The molecular formula is C7H7BrClN. The molecule has 1 nitrogen and oxygen atoms in total. The topological polar surface area (TPSA) is 26.0 Å². The van der Waals surface area contributed by atoms with Gasteiger partial charge in [-0.05, 0) is 24.6 Å². The summed E-state index contributed by atoms with van der Waals surface area (Å²) in [5.74, 6) is 0. The van der Waals surface area contributed by atoms with Crippen LogP contribution in [0.1, 0.15) is 5.56 Å². The normalized spacial score (nSPS) is 9.90. The second kappa shape index (κ2) is 2.81. The maximum atomic E-state index is 5.81. The molecule has 0 heterocycles. The Morgan fingerprint density at radius 3 is 2.60 bits per heavy atom. The molecule has 0 unspecified atom stereocenters. The highest BCUT2D eigenvalue weighted by Crippen LogP contribution is 2.26. The van der Waals surface area contributed by atoms with Crippen molar-refractivity contribution in [1.29, 1.82) is 0 Å². The molecule has 10 heavy (non-hydrogen) atoms. The molecule has 1 aromatic carbocycles. The van der Waals surface area contributed by atoms with Gasteiger partial charge in [-0.2, -0.15) is 0 Å². The van der Waals surface area contributed by atoms with Gasteiger partial charge in [-0.25, -0.2) is 0 Å². The number of anilines is 1. The number of hydrogen-bond donors (Lipinski definition) is 1. The highest BCUT2D eigenvalue weighted by molar-refractivity contribution is 9.10. The first-order valence-electron chi connectivity index (χ1n) is 2.82. The van der Waals surface area contributed by atoms with Crippen LogP contribution in [0.3, 0.4) is 0 Å². The molecule has 0 aliphatic carbocycles. The van der Waals surface area contributed by atoms with E-state index in [2.05, 4.69) is 15.9 Å². The smallest absolute Gasteiger partial charge is 0.0466 e. The predicted octanol–water partition coefficient (Wildman–Crippen LogP) is 2.99. The summed E-state index contributed by atoms with van der Waals surface area (Å²) in [6.45, 7) is 1.94. The fourth-order valence-electron chi connectivity index (χ4n) is 0.665. The summed E-state index contributed by atoms with van der Waals surface area (Å²) < 4.78 is 0.956. The molecule has 0 saturated heterocycles. The molecule has 0 saturated carbocycles. The molecular weight excluding hydrogens is 213 g/mol. The molecule has 1 aromatic rings. The molecule has 2 N–H and O–H groups in total. The van der Waals surface area contributed by atoms with Crippen LogP contribution in [0.25, 0.3) is 0 Å². The molecule has 0 aliphatic rings. The van der Waals surface area contributed by atoms with E-state index in [-0.39, 0.29) is 0 Å². The van der Waals surface area contributed by atoms with Gasteiger partial charge in [-0.3, -0.25) is 0 Å². The molecule has 0 spiro atoms. The van der Waals surface area contributed by atoms with Crippen LogP contribution in [0.4, 0.5) is 5.69 Å². The molecule has 1 rings (SSSR count). The number of nitrogens with two attached hydrogens (primary N) is 1. The maximum absolute atomic E-state index is 5.81. The molecule has 0 amide bonds. The van der Waals surface area contributed by atoms with Crippen molar-refractivity contribution in [2.24, 2.45) is 0 Å². The number of halogens is 2. The van der Waals surface area contributed by atoms with Crippen molar-refractivity contribution in [1.82, 2.24) is 0 Å². The van der Waals surface area contributed by atoms with E-state index in [1.165, 1.54) is 0 Å². The van der Waals surface area contributed by atoms with E-state index in [1.807, 2.05) is 13.0 Å². The Morgan fingerprint density at radius 2 is 2.10 bits per heavy atom. The first-order chi connectivity index (χ1) is 4.61. The SMILES string of the molecule is Cc1c(Cl)cc(N)cc1Br. The maximum Gasteiger partial charge on any atom is 0.0466 e. The lowest BCUT2D eigenvalue weighted by molar-refractivity contribution is 1.43. The summed E-state index contributed by atoms with van der Waals surface area (Å²) in [7, 11) is 0. The van der Waals surface area contributed by atoms with E-state index in [1.54, 1.807) is 6.07 Å². The van der Waals surface area contributed by atoms with Gasteiger partial charge in [0.05, 0.1) is 0 Å². The quantitative estimate of drug-likeness (QED) is 0.668. The van der Waals surface area contributed by atoms with Gasteiger partial charge in [0.15, 0.2) is 0 Å². The van der Waals surface area contributed by atoms with E-state index < -0.39 is 0 Å².